The average molecular weight is 198 g/mol. The van der Waals surface area contributed by atoms with E-state index in [1.165, 1.54) is 0 Å². The van der Waals surface area contributed by atoms with E-state index in [0.717, 1.165) is 24.4 Å². The quantitative estimate of drug-likeness (QED) is 0.748. The SMILES string of the molecule is CCC1CNc2cccc(Cl)c2O1. The Hall–Kier alpha value is -0.890. The summed E-state index contributed by atoms with van der Waals surface area (Å²) < 4.78 is 5.72. The zero-order chi connectivity index (χ0) is 9.26. The standard InChI is InChI=1S/C10H12ClNO/c1-2-7-6-12-9-5-3-4-8(11)10(9)13-7/h3-5,7,12H,2,6H2,1H3. The van der Waals surface area contributed by atoms with Crippen LogP contribution in [0.2, 0.25) is 5.02 Å². The van der Waals surface area contributed by atoms with Gasteiger partial charge in [0.1, 0.15) is 6.10 Å². The summed E-state index contributed by atoms with van der Waals surface area (Å²) in [5.41, 5.74) is 0.997. The summed E-state index contributed by atoms with van der Waals surface area (Å²) in [5, 5.41) is 3.98. The van der Waals surface area contributed by atoms with E-state index in [9.17, 15) is 0 Å². The molecule has 1 N–H and O–H groups in total. The van der Waals surface area contributed by atoms with E-state index in [1.54, 1.807) is 0 Å². The molecule has 2 rings (SSSR count). The van der Waals surface area contributed by atoms with Crippen molar-refractivity contribution in [3.63, 3.8) is 0 Å². The highest BCUT2D eigenvalue weighted by atomic mass is 35.5. The minimum atomic E-state index is 0.243. The lowest BCUT2D eigenvalue weighted by molar-refractivity contribution is 0.202. The van der Waals surface area contributed by atoms with E-state index in [-0.39, 0.29) is 6.10 Å². The molecule has 1 aliphatic rings. The van der Waals surface area contributed by atoms with Crippen LogP contribution in [0.15, 0.2) is 18.2 Å². The van der Waals surface area contributed by atoms with Gasteiger partial charge in [0.15, 0.2) is 5.75 Å². The number of nitrogens with one attached hydrogen (secondary N) is 1. The number of halogens is 1. The van der Waals surface area contributed by atoms with Gasteiger partial charge < -0.3 is 10.1 Å². The molecule has 0 aromatic heterocycles. The second kappa shape index (κ2) is 3.46. The average Bonchev–Trinajstić information content (AvgIpc) is 2.18. The normalized spacial score (nSPS) is 20.0. The number of anilines is 1. The number of para-hydroxylation sites is 1. The molecule has 1 aromatic carbocycles. The first-order valence-electron chi connectivity index (χ1n) is 4.50. The third-order valence-corrected chi connectivity index (χ3v) is 2.52. The van der Waals surface area contributed by atoms with E-state index < -0.39 is 0 Å². The van der Waals surface area contributed by atoms with Gasteiger partial charge >= 0.3 is 0 Å². The molecule has 0 saturated heterocycles. The zero-order valence-electron chi connectivity index (χ0n) is 7.51. The first kappa shape index (κ1) is 8.70. The van der Waals surface area contributed by atoms with Crippen molar-refractivity contribution in [3.8, 4) is 5.75 Å². The molecule has 0 amide bonds. The number of hydrogen-bond donors (Lipinski definition) is 1. The van der Waals surface area contributed by atoms with Crippen LogP contribution < -0.4 is 10.1 Å². The lowest BCUT2D eigenvalue weighted by atomic mass is 10.2. The molecule has 1 atom stereocenters. The van der Waals surface area contributed by atoms with Crippen molar-refractivity contribution in [2.24, 2.45) is 0 Å². The third-order valence-electron chi connectivity index (χ3n) is 2.23. The van der Waals surface area contributed by atoms with Gasteiger partial charge in [-0.2, -0.15) is 0 Å². The molecule has 0 bridgehead atoms. The van der Waals surface area contributed by atoms with Crippen LogP contribution in [0, 0.1) is 0 Å². The zero-order valence-corrected chi connectivity index (χ0v) is 8.27. The topological polar surface area (TPSA) is 21.3 Å². The summed E-state index contributed by atoms with van der Waals surface area (Å²) in [6.45, 7) is 2.97. The Bertz CT molecular complexity index is 314. The summed E-state index contributed by atoms with van der Waals surface area (Å²) in [6.07, 6.45) is 1.24. The summed E-state index contributed by atoms with van der Waals surface area (Å²) in [4.78, 5) is 0. The molecule has 0 spiro atoms. The third kappa shape index (κ3) is 1.59. The lowest BCUT2D eigenvalue weighted by Crippen LogP contribution is -2.30. The molecule has 0 saturated carbocycles. The van der Waals surface area contributed by atoms with Crippen molar-refractivity contribution < 1.29 is 4.74 Å². The second-order valence-electron chi connectivity index (χ2n) is 3.15. The molecule has 0 fully saturated rings. The Morgan fingerprint density at radius 1 is 1.62 bits per heavy atom. The van der Waals surface area contributed by atoms with Crippen molar-refractivity contribution in [1.29, 1.82) is 0 Å². The lowest BCUT2D eigenvalue weighted by Gasteiger charge is -2.27. The molecule has 0 radical (unpaired) electrons. The minimum Gasteiger partial charge on any atom is -0.485 e. The van der Waals surface area contributed by atoms with E-state index >= 15 is 0 Å². The molecule has 1 unspecified atom stereocenters. The van der Waals surface area contributed by atoms with Crippen LogP contribution >= 0.6 is 11.6 Å². The van der Waals surface area contributed by atoms with Gasteiger partial charge in [-0.05, 0) is 18.6 Å². The Balaban J connectivity index is 2.32. The Labute approximate surface area is 82.9 Å². The minimum absolute atomic E-state index is 0.243. The summed E-state index contributed by atoms with van der Waals surface area (Å²) >= 11 is 6.00. The number of fused-ring (bicyclic) bond motifs is 1. The van der Waals surface area contributed by atoms with Crippen LogP contribution in [0.5, 0.6) is 5.75 Å². The summed E-state index contributed by atoms with van der Waals surface area (Å²) in [6, 6.07) is 5.75. The number of benzene rings is 1. The highest BCUT2D eigenvalue weighted by molar-refractivity contribution is 6.32. The van der Waals surface area contributed by atoms with Crippen LogP contribution in [0.4, 0.5) is 5.69 Å². The molecule has 70 valence electrons. The maximum Gasteiger partial charge on any atom is 0.161 e. The van der Waals surface area contributed by atoms with Crippen molar-refractivity contribution in [1.82, 2.24) is 0 Å². The highest BCUT2D eigenvalue weighted by Crippen LogP contribution is 2.36. The van der Waals surface area contributed by atoms with Gasteiger partial charge in [-0.25, -0.2) is 0 Å². The van der Waals surface area contributed by atoms with E-state index in [2.05, 4.69) is 12.2 Å². The van der Waals surface area contributed by atoms with Crippen LogP contribution in [0.25, 0.3) is 0 Å². The Morgan fingerprint density at radius 3 is 3.23 bits per heavy atom. The summed E-state index contributed by atoms with van der Waals surface area (Å²) in [5.74, 6) is 0.794. The molecule has 0 aliphatic carbocycles. The Kier molecular flexibility index (Phi) is 2.32. The second-order valence-corrected chi connectivity index (χ2v) is 3.55. The van der Waals surface area contributed by atoms with E-state index in [1.807, 2.05) is 18.2 Å². The largest absolute Gasteiger partial charge is 0.485 e. The van der Waals surface area contributed by atoms with Crippen molar-refractivity contribution >= 4 is 17.3 Å². The molecule has 1 aliphatic heterocycles. The number of rotatable bonds is 1. The van der Waals surface area contributed by atoms with E-state index in [4.69, 9.17) is 16.3 Å². The van der Waals surface area contributed by atoms with Gasteiger partial charge in [0.05, 0.1) is 17.3 Å². The number of hydrogen-bond acceptors (Lipinski definition) is 2. The number of ether oxygens (including phenoxy) is 1. The van der Waals surface area contributed by atoms with Gasteiger partial charge in [-0.1, -0.05) is 24.6 Å². The van der Waals surface area contributed by atoms with Gasteiger partial charge in [0, 0.05) is 0 Å². The predicted molar refractivity (Wildman–Crippen MR) is 54.6 cm³/mol. The molecule has 2 nitrogen and oxygen atoms in total. The van der Waals surface area contributed by atoms with Crippen LogP contribution in [-0.4, -0.2) is 12.6 Å². The molecule has 13 heavy (non-hydrogen) atoms. The van der Waals surface area contributed by atoms with Crippen molar-refractivity contribution in [2.75, 3.05) is 11.9 Å². The monoisotopic (exact) mass is 197 g/mol. The van der Waals surface area contributed by atoms with Gasteiger partial charge in [-0.15, -0.1) is 0 Å². The van der Waals surface area contributed by atoms with E-state index in [0.29, 0.717) is 5.02 Å². The first-order chi connectivity index (χ1) is 6.31. The van der Waals surface area contributed by atoms with Gasteiger partial charge in [0.2, 0.25) is 0 Å². The summed E-state index contributed by atoms with van der Waals surface area (Å²) in [7, 11) is 0. The maximum absolute atomic E-state index is 6.00. The molecular formula is C10H12ClNO. The van der Waals surface area contributed by atoms with Crippen molar-refractivity contribution in [3.05, 3.63) is 23.2 Å². The molecule has 1 heterocycles. The van der Waals surface area contributed by atoms with Gasteiger partial charge in [-0.3, -0.25) is 0 Å². The van der Waals surface area contributed by atoms with Crippen molar-refractivity contribution in [2.45, 2.75) is 19.4 Å². The first-order valence-corrected chi connectivity index (χ1v) is 4.88. The smallest absolute Gasteiger partial charge is 0.161 e. The van der Waals surface area contributed by atoms with Crippen LogP contribution in [-0.2, 0) is 0 Å². The van der Waals surface area contributed by atoms with Crippen LogP contribution in [0.1, 0.15) is 13.3 Å². The fraction of sp³-hybridized carbons (Fsp3) is 0.400. The van der Waals surface area contributed by atoms with Crippen LogP contribution in [0.3, 0.4) is 0 Å². The Morgan fingerprint density at radius 2 is 2.46 bits per heavy atom. The molecule has 1 aromatic rings. The molecular weight excluding hydrogens is 186 g/mol. The molecule has 3 heteroatoms. The maximum atomic E-state index is 6.00. The van der Waals surface area contributed by atoms with Gasteiger partial charge in [0.25, 0.3) is 0 Å². The predicted octanol–water partition coefficient (Wildman–Crippen LogP) is 2.92. The highest BCUT2D eigenvalue weighted by Gasteiger charge is 2.19. The fourth-order valence-electron chi connectivity index (χ4n) is 1.43. The fourth-order valence-corrected chi connectivity index (χ4v) is 1.65.